The Morgan fingerprint density at radius 2 is 2.07 bits per heavy atom. The van der Waals surface area contributed by atoms with E-state index in [1.807, 2.05) is 6.92 Å². The summed E-state index contributed by atoms with van der Waals surface area (Å²) >= 11 is 2.86. The van der Waals surface area contributed by atoms with Crippen molar-refractivity contribution in [1.82, 2.24) is 0 Å². The molecule has 2 N–H and O–H groups in total. The molecule has 0 aliphatic rings. The maximum absolute atomic E-state index is 13.4. The van der Waals surface area contributed by atoms with Crippen LogP contribution in [0.25, 0.3) is 0 Å². The lowest BCUT2D eigenvalue weighted by Crippen LogP contribution is -2.15. The molecule has 0 radical (unpaired) electrons. The Morgan fingerprint density at radius 3 is 2.64 bits per heavy atom. The van der Waals surface area contributed by atoms with Crippen molar-refractivity contribution >= 4 is 15.9 Å². The molecular formula is C10H12BrF2N. The van der Waals surface area contributed by atoms with Crippen LogP contribution in [0.3, 0.4) is 0 Å². The second-order valence-corrected chi connectivity index (χ2v) is 4.14. The van der Waals surface area contributed by atoms with Gasteiger partial charge < -0.3 is 5.73 Å². The predicted octanol–water partition coefficient (Wildman–Crippen LogP) is 3.01. The Morgan fingerprint density at radius 1 is 1.43 bits per heavy atom. The summed E-state index contributed by atoms with van der Waals surface area (Å²) in [7, 11) is 0. The maximum Gasteiger partial charge on any atom is 0.143 e. The number of aryl methyl sites for hydroxylation is 1. The van der Waals surface area contributed by atoms with Gasteiger partial charge in [0, 0.05) is 6.04 Å². The molecule has 0 saturated heterocycles. The number of hydrogen-bond donors (Lipinski definition) is 1. The maximum atomic E-state index is 13.4. The molecular weight excluding hydrogens is 252 g/mol. The van der Waals surface area contributed by atoms with E-state index in [-0.39, 0.29) is 10.5 Å². The number of benzene rings is 1. The number of hydrogen-bond acceptors (Lipinski definition) is 1. The van der Waals surface area contributed by atoms with Gasteiger partial charge in [0.05, 0.1) is 4.47 Å². The van der Waals surface area contributed by atoms with E-state index in [2.05, 4.69) is 15.9 Å². The summed E-state index contributed by atoms with van der Waals surface area (Å²) in [5, 5.41) is 0. The average molecular weight is 264 g/mol. The molecule has 0 bridgehead atoms. The van der Waals surface area contributed by atoms with Gasteiger partial charge in [-0.1, -0.05) is 6.07 Å². The second-order valence-electron chi connectivity index (χ2n) is 3.35. The lowest BCUT2D eigenvalue weighted by atomic mass is 10.1. The Hall–Kier alpha value is -0.480. The fourth-order valence-corrected chi connectivity index (χ4v) is 1.53. The summed E-state index contributed by atoms with van der Waals surface area (Å²) in [6.45, 7) is 1.86. The molecule has 0 amide bonds. The molecule has 78 valence electrons. The van der Waals surface area contributed by atoms with E-state index in [4.69, 9.17) is 5.73 Å². The van der Waals surface area contributed by atoms with Crippen LogP contribution in [0.15, 0.2) is 16.6 Å². The highest BCUT2D eigenvalue weighted by atomic mass is 79.9. The van der Waals surface area contributed by atoms with Crippen LogP contribution in [0.1, 0.15) is 18.9 Å². The van der Waals surface area contributed by atoms with Gasteiger partial charge in [0.25, 0.3) is 0 Å². The van der Waals surface area contributed by atoms with Crippen LogP contribution >= 0.6 is 15.9 Å². The van der Waals surface area contributed by atoms with Gasteiger partial charge >= 0.3 is 0 Å². The van der Waals surface area contributed by atoms with E-state index < -0.39 is 11.6 Å². The number of halogens is 3. The Balaban J connectivity index is 2.83. The zero-order valence-electron chi connectivity index (χ0n) is 7.86. The van der Waals surface area contributed by atoms with Crippen molar-refractivity contribution in [2.75, 3.05) is 0 Å². The smallest absolute Gasteiger partial charge is 0.143 e. The lowest BCUT2D eigenvalue weighted by molar-refractivity contribution is 0.553. The Kier molecular flexibility index (Phi) is 4.01. The van der Waals surface area contributed by atoms with Gasteiger partial charge in [-0.05, 0) is 47.3 Å². The largest absolute Gasteiger partial charge is 0.328 e. The zero-order valence-corrected chi connectivity index (χ0v) is 9.44. The summed E-state index contributed by atoms with van der Waals surface area (Å²) in [5.74, 6) is -1.10. The van der Waals surface area contributed by atoms with Gasteiger partial charge in [0.2, 0.25) is 0 Å². The monoisotopic (exact) mass is 263 g/mol. The molecule has 1 nitrogen and oxygen atoms in total. The van der Waals surface area contributed by atoms with Crippen molar-refractivity contribution in [3.63, 3.8) is 0 Å². The summed E-state index contributed by atoms with van der Waals surface area (Å²) < 4.78 is 26.1. The minimum absolute atomic E-state index is 0.0261. The average Bonchev–Trinajstić information content (AvgIpc) is 2.13. The first-order chi connectivity index (χ1) is 6.52. The molecule has 0 heterocycles. The molecule has 4 heteroatoms. The van der Waals surface area contributed by atoms with E-state index in [9.17, 15) is 8.78 Å². The molecule has 0 fully saturated rings. The van der Waals surface area contributed by atoms with Gasteiger partial charge in [-0.25, -0.2) is 8.78 Å². The van der Waals surface area contributed by atoms with Crippen LogP contribution in [0.2, 0.25) is 0 Å². The summed E-state index contributed by atoms with van der Waals surface area (Å²) in [6, 6.07) is 2.74. The minimum Gasteiger partial charge on any atom is -0.328 e. The van der Waals surface area contributed by atoms with E-state index >= 15 is 0 Å². The number of rotatable bonds is 3. The van der Waals surface area contributed by atoms with Gasteiger partial charge in [-0.2, -0.15) is 0 Å². The van der Waals surface area contributed by atoms with E-state index in [1.54, 1.807) is 0 Å². The molecule has 1 atom stereocenters. The highest BCUT2D eigenvalue weighted by molar-refractivity contribution is 9.10. The van der Waals surface area contributed by atoms with Crippen molar-refractivity contribution in [2.24, 2.45) is 5.73 Å². The third-order valence-corrected chi connectivity index (χ3v) is 2.71. The SMILES string of the molecule is C[C@@H](N)CCc1ccc(F)c(Br)c1F. The molecule has 0 unspecified atom stereocenters. The predicted molar refractivity (Wildman–Crippen MR) is 56.0 cm³/mol. The molecule has 1 aromatic rings. The summed E-state index contributed by atoms with van der Waals surface area (Å²) in [4.78, 5) is 0. The third kappa shape index (κ3) is 2.75. The fraction of sp³-hybridized carbons (Fsp3) is 0.400. The summed E-state index contributed by atoms with van der Waals surface area (Å²) in [5.41, 5.74) is 6.05. The number of nitrogens with two attached hydrogens (primary N) is 1. The van der Waals surface area contributed by atoms with E-state index in [0.29, 0.717) is 18.4 Å². The van der Waals surface area contributed by atoms with Crippen molar-refractivity contribution in [1.29, 1.82) is 0 Å². The van der Waals surface area contributed by atoms with Crippen LogP contribution in [0.4, 0.5) is 8.78 Å². The van der Waals surface area contributed by atoms with Crippen molar-refractivity contribution in [3.8, 4) is 0 Å². The second kappa shape index (κ2) is 4.84. The van der Waals surface area contributed by atoms with E-state index in [1.165, 1.54) is 12.1 Å². The third-order valence-electron chi connectivity index (χ3n) is 1.98. The molecule has 0 aliphatic carbocycles. The zero-order chi connectivity index (χ0) is 10.7. The first kappa shape index (κ1) is 11.6. The van der Waals surface area contributed by atoms with Crippen LogP contribution in [-0.4, -0.2) is 6.04 Å². The van der Waals surface area contributed by atoms with Crippen LogP contribution in [-0.2, 0) is 6.42 Å². The normalized spacial score (nSPS) is 12.9. The fourth-order valence-electron chi connectivity index (χ4n) is 1.14. The van der Waals surface area contributed by atoms with Crippen molar-refractivity contribution in [3.05, 3.63) is 33.8 Å². The molecule has 0 saturated carbocycles. The summed E-state index contributed by atoms with van der Waals surface area (Å²) in [6.07, 6.45) is 1.22. The van der Waals surface area contributed by atoms with Crippen molar-refractivity contribution in [2.45, 2.75) is 25.8 Å². The first-order valence-electron chi connectivity index (χ1n) is 4.40. The Labute approximate surface area is 90.4 Å². The highest BCUT2D eigenvalue weighted by Crippen LogP contribution is 2.23. The van der Waals surface area contributed by atoms with Crippen molar-refractivity contribution < 1.29 is 8.78 Å². The van der Waals surface area contributed by atoms with Gasteiger partial charge in [0.15, 0.2) is 0 Å². The molecule has 14 heavy (non-hydrogen) atoms. The standard InChI is InChI=1S/C10H12BrF2N/c1-6(14)2-3-7-4-5-8(12)9(11)10(7)13/h4-6H,2-3,14H2,1H3/t6-/m1/s1. The van der Waals surface area contributed by atoms with E-state index in [0.717, 1.165) is 0 Å². The minimum atomic E-state index is -0.577. The topological polar surface area (TPSA) is 26.0 Å². The molecule has 0 spiro atoms. The first-order valence-corrected chi connectivity index (χ1v) is 5.19. The van der Waals surface area contributed by atoms with Crippen LogP contribution in [0, 0.1) is 11.6 Å². The van der Waals surface area contributed by atoms with Gasteiger partial charge in [-0.15, -0.1) is 0 Å². The molecule has 0 aliphatic heterocycles. The quantitative estimate of drug-likeness (QED) is 0.834. The van der Waals surface area contributed by atoms with Crippen LogP contribution in [0.5, 0.6) is 0 Å². The molecule has 1 aromatic carbocycles. The molecule has 0 aromatic heterocycles. The highest BCUT2D eigenvalue weighted by Gasteiger charge is 2.11. The molecule has 1 rings (SSSR count). The lowest BCUT2D eigenvalue weighted by Gasteiger charge is -2.07. The van der Waals surface area contributed by atoms with Gasteiger partial charge in [0.1, 0.15) is 11.6 Å². The van der Waals surface area contributed by atoms with Gasteiger partial charge in [-0.3, -0.25) is 0 Å². The van der Waals surface area contributed by atoms with Crippen LogP contribution < -0.4 is 5.73 Å². The Bertz CT molecular complexity index is 326.